The van der Waals surface area contributed by atoms with Gasteiger partial charge in [0.1, 0.15) is 5.75 Å². The van der Waals surface area contributed by atoms with Crippen molar-refractivity contribution in [3.8, 4) is 11.6 Å². The van der Waals surface area contributed by atoms with Gasteiger partial charge in [0, 0.05) is 24.0 Å². The number of carbonyl (C=O) groups is 1. The van der Waals surface area contributed by atoms with Gasteiger partial charge in [-0.3, -0.25) is 9.52 Å². The van der Waals surface area contributed by atoms with E-state index in [1.807, 2.05) is 0 Å². The number of ether oxygens (including phenoxy) is 1. The van der Waals surface area contributed by atoms with Crippen LogP contribution in [-0.4, -0.2) is 25.4 Å². The normalized spacial score (nSPS) is 14.2. The molecule has 1 aromatic heterocycles. The largest absolute Gasteiger partial charge is 0.439 e. The quantitative estimate of drug-likeness (QED) is 0.545. The fraction of sp³-hybridized carbons (Fsp3) is 0.250. The SMILES string of the molecule is Cc1ccccc1S(=O)(=O)Nc1ccc(Oc2ccc(C(=O)NC3CCCC3)cn2)cc1. The van der Waals surface area contributed by atoms with E-state index in [1.54, 1.807) is 67.6 Å². The van der Waals surface area contributed by atoms with Crippen molar-refractivity contribution in [1.29, 1.82) is 0 Å². The van der Waals surface area contributed by atoms with E-state index in [0.717, 1.165) is 25.7 Å². The molecule has 1 saturated carbocycles. The van der Waals surface area contributed by atoms with Crippen LogP contribution in [0, 0.1) is 6.92 Å². The third-order valence-electron chi connectivity index (χ3n) is 5.40. The Balaban J connectivity index is 1.37. The number of nitrogens with zero attached hydrogens (tertiary/aromatic N) is 1. The second-order valence-electron chi connectivity index (χ2n) is 7.84. The molecule has 1 aliphatic carbocycles. The molecule has 0 saturated heterocycles. The van der Waals surface area contributed by atoms with E-state index in [0.29, 0.717) is 28.4 Å². The predicted octanol–water partition coefficient (Wildman–Crippen LogP) is 4.66. The third-order valence-corrected chi connectivity index (χ3v) is 6.94. The van der Waals surface area contributed by atoms with Crippen LogP contribution in [0.4, 0.5) is 5.69 Å². The Morgan fingerprint density at radius 2 is 1.72 bits per heavy atom. The molecule has 2 N–H and O–H groups in total. The van der Waals surface area contributed by atoms with Gasteiger partial charge in [-0.25, -0.2) is 13.4 Å². The number of rotatable bonds is 7. The van der Waals surface area contributed by atoms with Crippen molar-refractivity contribution in [3.63, 3.8) is 0 Å². The molecule has 8 heteroatoms. The highest BCUT2D eigenvalue weighted by atomic mass is 32.2. The zero-order valence-electron chi connectivity index (χ0n) is 17.7. The van der Waals surface area contributed by atoms with Crippen LogP contribution in [0.25, 0.3) is 0 Å². The standard InChI is InChI=1S/C24H25N3O4S/c1-17-6-2-5-9-22(17)32(29,30)27-20-11-13-21(14-12-20)31-23-15-10-18(16-25-23)24(28)26-19-7-3-4-8-19/h2,5-6,9-16,19,27H,3-4,7-8H2,1H3,(H,26,28). The lowest BCUT2D eigenvalue weighted by molar-refractivity contribution is 0.0937. The van der Waals surface area contributed by atoms with E-state index in [-0.39, 0.29) is 16.8 Å². The Kier molecular flexibility index (Phi) is 6.41. The van der Waals surface area contributed by atoms with Gasteiger partial charge in [-0.2, -0.15) is 0 Å². The van der Waals surface area contributed by atoms with Crippen molar-refractivity contribution in [2.45, 2.75) is 43.5 Å². The smallest absolute Gasteiger partial charge is 0.262 e. The van der Waals surface area contributed by atoms with Gasteiger partial charge < -0.3 is 10.1 Å². The molecular weight excluding hydrogens is 426 g/mol. The lowest BCUT2D eigenvalue weighted by Gasteiger charge is -2.12. The molecule has 0 radical (unpaired) electrons. The van der Waals surface area contributed by atoms with Crippen molar-refractivity contribution in [3.05, 3.63) is 78.0 Å². The second kappa shape index (κ2) is 9.40. The number of anilines is 1. The molecule has 3 aromatic rings. The molecule has 1 fully saturated rings. The maximum absolute atomic E-state index is 12.6. The van der Waals surface area contributed by atoms with E-state index in [1.165, 1.54) is 6.20 Å². The van der Waals surface area contributed by atoms with Crippen molar-refractivity contribution in [2.24, 2.45) is 0 Å². The first-order chi connectivity index (χ1) is 15.4. The molecule has 1 heterocycles. The molecular formula is C24H25N3O4S. The van der Waals surface area contributed by atoms with E-state index in [2.05, 4.69) is 15.0 Å². The van der Waals surface area contributed by atoms with Gasteiger partial charge in [-0.1, -0.05) is 31.0 Å². The summed E-state index contributed by atoms with van der Waals surface area (Å²) in [5.41, 5.74) is 1.59. The molecule has 1 amide bonds. The summed E-state index contributed by atoms with van der Waals surface area (Å²) >= 11 is 0. The molecule has 0 bridgehead atoms. The first-order valence-electron chi connectivity index (χ1n) is 10.5. The minimum Gasteiger partial charge on any atom is -0.439 e. The lowest BCUT2D eigenvalue weighted by atomic mass is 10.2. The number of sulfonamides is 1. The van der Waals surface area contributed by atoms with Crippen LogP contribution < -0.4 is 14.8 Å². The third kappa shape index (κ3) is 5.26. The van der Waals surface area contributed by atoms with Crippen LogP contribution in [-0.2, 0) is 10.0 Å². The Bertz CT molecular complexity index is 1190. The number of aromatic nitrogens is 1. The van der Waals surface area contributed by atoms with Gasteiger partial charge in [-0.15, -0.1) is 0 Å². The first-order valence-corrected chi connectivity index (χ1v) is 12.0. The van der Waals surface area contributed by atoms with E-state index in [9.17, 15) is 13.2 Å². The molecule has 166 valence electrons. The number of carbonyl (C=O) groups excluding carboxylic acids is 1. The van der Waals surface area contributed by atoms with Gasteiger partial charge in [0.25, 0.3) is 15.9 Å². The van der Waals surface area contributed by atoms with Crippen LogP contribution in [0.3, 0.4) is 0 Å². The van der Waals surface area contributed by atoms with Crippen molar-refractivity contribution >= 4 is 21.6 Å². The average molecular weight is 452 g/mol. The molecule has 7 nitrogen and oxygen atoms in total. The van der Waals surface area contributed by atoms with E-state index < -0.39 is 10.0 Å². The summed E-state index contributed by atoms with van der Waals surface area (Å²) in [5.74, 6) is 0.719. The Labute approximate surface area is 187 Å². The summed E-state index contributed by atoms with van der Waals surface area (Å²) in [7, 11) is -3.68. The number of hydrogen-bond acceptors (Lipinski definition) is 5. The summed E-state index contributed by atoms with van der Waals surface area (Å²) in [4.78, 5) is 16.7. The Morgan fingerprint density at radius 1 is 1.00 bits per heavy atom. The maximum atomic E-state index is 12.6. The minimum absolute atomic E-state index is 0.124. The van der Waals surface area contributed by atoms with Gasteiger partial charge in [0.05, 0.1) is 10.5 Å². The summed E-state index contributed by atoms with van der Waals surface area (Å²) < 4.78 is 33.5. The monoisotopic (exact) mass is 451 g/mol. The number of benzene rings is 2. The number of amides is 1. The van der Waals surface area contributed by atoms with Crippen LogP contribution in [0.2, 0.25) is 0 Å². The fourth-order valence-corrected chi connectivity index (χ4v) is 5.00. The zero-order chi connectivity index (χ0) is 22.6. The molecule has 0 spiro atoms. The van der Waals surface area contributed by atoms with Gasteiger partial charge in [0.15, 0.2) is 0 Å². The molecule has 1 aliphatic rings. The summed E-state index contributed by atoms with van der Waals surface area (Å²) in [6, 6.07) is 16.9. The fourth-order valence-electron chi connectivity index (χ4n) is 3.69. The van der Waals surface area contributed by atoms with Crippen molar-refractivity contribution in [1.82, 2.24) is 10.3 Å². The van der Waals surface area contributed by atoms with Crippen LogP contribution in [0.5, 0.6) is 11.6 Å². The Hall–Kier alpha value is -3.39. The number of nitrogens with one attached hydrogen (secondary N) is 2. The molecule has 0 atom stereocenters. The topological polar surface area (TPSA) is 97.4 Å². The highest BCUT2D eigenvalue weighted by Gasteiger charge is 2.18. The molecule has 0 unspecified atom stereocenters. The lowest BCUT2D eigenvalue weighted by Crippen LogP contribution is -2.32. The van der Waals surface area contributed by atoms with Crippen molar-refractivity contribution in [2.75, 3.05) is 4.72 Å². The second-order valence-corrected chi connectivity index (χ2v) is 9.49. The molecule has 4 rings (SSSR count). The Morgan fingerprint density at radius 3 is 2.38 bits per heavy atom. The van der Waals surface area contributed by atoms with E-state index in [4.69, 9.17) is 4.74 Å². The van der Waals surface area contributed by atoms with Gasteiger partial charge in [-0.05, 0) is 61.7 Å². The van der Waals surface area contributed by atoms with E-state index >= 15 is 0 Å². The molecule has 2 aromatic carbocycles. The van der Waals surface area contributed by atoms with Crippen molar-refractivity contribution < 1.29 is 17.9 Å². The summed E-state index contributed by atoms with van der Waals surface area (Å²) in [6.45, 7) is 1.75. The zero-order valence-corrected chi connectivity index (χ0v) is 18.6. The number of hydrogen-bond donors (Lipinski definition) is 2. The highest BCUT2D eigenvalue weighted by Crippen LogP contribution is 2.24. The minimum atomic E-state index is -3.68. The van der Waals surface area contributed by atoms with Gasteiger partial charge in [0.2, 0.25) is 5.88 Å². The molecule has 32 heavy (non-hydrogen) atoms. The summed E-state index contributed by atoms with van der Waals surface area (Å²) in [6.07, 6.45) is 5.85. The van der Waals surface area contributed by atoms with Crippen LogP contribution in [0.1, 0.15) is 41.6 Å². The van der Waals surface area contributed by atoms with Gasteiger partial charge >= 0.3 is 0 Å². The average Bonchev–Trinajstić information content (AvgIpc) is 3.29. The summed E-state index contributed by atoms with van der Waals surface area (Å²) in [5, 5.41) is 3.03. The predicted molar refractivity (Wildman–Crippen MR) is 122 cm³/mol. The first kappa shape index (κ1) is 21.8. The van der Waals surface area contributed by atoms with Crippen LogP contribution >= 0.6 is 0 Å². The highest BCUT2D eigenvalue weighted by molar-refractivity contribution is 7.92. The number of pyridine rings is 1. The molecule has 0 aliphatic heterocycles. The number of aryl methyl sites for hydroxylation is 1. The maximum Gasteiger partial charge on any atom is 0.262 e. The van der Waals surface area contributed by atoms with Crippen LogP contribution in [0.15, 0.2) is 71.8 Å².